The Morgan fingerprint density at radius 2 is 1.79 bits per heavy atom. The van der Waals surface area contributed by atoms with Crippen LogP contribution in [-0.4, -0.2) is 16.6 Å². The first-order valence-corrected chi connectivity index (χ1v) is 5.73. The Labute approximate surface area is 109 Å². The zero-order chi connectivity index (χ0) is 14.8. The van der Waals surface area contributed by atoms with Gasteiger partial charge in [0.05, 0.1) is 5.56 Å². The second-order valence-corrected chi connectivity index (χ2v) is 4.95. The van der Waals surface area contributed by atoms with Crippen LogP contribution in [0, 0.1) is 0 Å². The van der Waals surface area contributed by atoms with Crippen molar-refractivity contribution in [3.63, 3.8) is 0 Å². The van der Waals surface area contributed by atoms with E-state index in [0.717, 1.165) is 12.1 Å². The summed E-state index contributed by atoms with van der Waals surface area (Å²) in [6.45, 7) is 3.12. The lowest BCUT2D eigenvalue weighted by atomic mass is 9.86. The van der Waals surface area contributed by atoms with Crippen molar-refractivity contribution in [3.8, 4) is 0 Å². The maximum absolute atomic E-state index is 12.4. The second-order valence-electron chi connectivity index (χ2n) is 4.95. The molecule has 0 aromatic heterocycles. The van der Waals surface area contributed by atoms with Crippen LogP contribution in [0.4, 0.5) is 13.2 Å². The molecule has 1 aromatic carbocycles. The third kappa shape index (κ3) is 3.96. The predicted octanol–water partition coefficient (Wildman–Crippen LogP) is 3.00. The van der Waals surface area contributed by atoms with Crippen molar-refractivity contribution in [2.45, 2.75) is 37.9 Å². The lowest BCUT2D eigenvalue weighted by Crippen LogP contribution is -2.45. The van der Waals surface area contributed by atoms with E-state index in [0.29, 0.717) is 5.56 Å². The number of nitrogens with two attached hydrogens (primary N) is 1. The molecule has 2 atom stereocenters. The summed E-state index contributed by atoms with van der Waals surface area (Å²) in [6, 6.07) is 4.68. The number of carboxylic acid groups (broad SMARTS) is 1. The standard InChI is InChI=1S/C13H16F3NO2/c1-8(7-12(2,17)11(18)19)9-3-5-10(6-4-9)13(14,15)16/h3-6,8H,7,17H2,1-2H3,(H,18,19). The van der Waals surface area contributed by atoms with Gasteiger partial charge in [0.2, 0.25) is 0 Å². The van der Waals surface area contributed by atoms with Crippen LogP contribution >= 0.6 is 0 Å². The molecule has 0 radical (unpaired) electrons. The van der Waals surface area contributed by atoms with Crippen molar-refractivity contribution < 1.29 is 23.1 Å². The number of hydrogen-bond acceptors (Lipinski definition) is 2. The average molecular weight is 275 g/mol. The fourth-order valence-corrected chi connectivity index (χ4v) is 1.84. The van der Waals surface area contributed by atoms with E-state index in [1.165, 1.54) is 19.1 Å². The molecular formula is C13H16F3NO2. The van der Waals surface area contributed by atoms with Gasteiger partial charge < -0.3 is 10.8 Å². The summed E-state index contributed by atoms with van der Waals surface area (Å²) in [4.78, 5) is 10.9. The molecule has 19 heavy (non-hydrogen) atoms. The number of halogens is 3. The minimum atomic E-state index is -4.37. The Bertz CT molecular complexity index is 452. The molecule has 0 bridgehead atoms. The molecule has 1 rings (SSSR count). The highest BCUT2D eigenvalue weighted by atomic mass is 19.4. The molecule has 0 fully saturated rings. The van der Waals surface area contributed by atoms with E-state index in [-0.39, 0.29) is 12.3 Å². The largest absolute Gasteiger partial charge is 0.480 e. The van der Waals surface area contributed by atoms with Gasteiger partial charge in [0.1, 0.15) is 5.54 Å². The molecule has 6 heteroatoms. The van der Waals surface area contributed by atoms with Gasteiger partial charge >= 0.3 is 12.1 Å². The van der Waals surface area contributed by atoms with E-state index in [1.807, 2.05) is 0 Å². The van der Waals surface area contributed by atoms with Crippen LogP contribution in [0.2, 0.25) is 0 Å². The van der Waals surface area contributed by atoms with Gasteiger partial charge in [-0.1, -0.05) is 19.1 Å². The Kier molecular flexibility index (Phi) is 4.25. The second kappa shape index (κ2) is 5.21. The Balaban J connectivity index is 2.85. The molecule has 0 aliphatic carbocycles. The fraction of sp³-hybridized carbons (Fsp3) is 0.462. The average Bonchev–Trinajstić information content (AvgIpc) is 2.27. The minimum Gasteiger partial charge on any atom is -0.480 e. The van der Waals surface area contributed by atoms with Gasteiger partial charge in [0.25, 0.3) is 0 Å². The highest BCUT2D eigenvalue weighted by molar-refractivity contribution is 5.77. The van der Waals surface area contributed by atoms with Crippen LogP contribution in [0.15, 0.2) is 24.3 Å². The lowest BCUT2D eigenvalue weighted by Gasteiger charge is -2.23. The number of benzene rings is 1. The lowest BCUT2D eigenvalue weighted by molar-refractivity contribution is -0.143. The molecule has 0 saturated carbocycles. The number of aliphatic carboxylic acids is 1. The SMILES string of the molecule is CC(CC(C)(N)C(=O)O)c1ccc(C(F)(F)F)cc1. The summed E-state index contributed by atoms with van der Waals surface area (Å²) in [6.07, 6.45) is -4.22. The van der Waals surface area contributed by atoms with E-state index in [9.17, 15) is 18.0 Å². The zero-order valence-corrected chi connectivity index (χ0v) is 10.7. The molecule has 0 aliphatic rings. The van der Waals surface area contributed by atoms with E-state index >= 15 is 0 Å². The highest BCUT2D eigenvalue weighted by Crippen LogP contribution is 2.31. The van der Waals surface area contributed by atoms with E-state index in [2.05, 4.69) is 0 Å². The third-order valence-electron chi connectivity index (χ3n) is 3.03. The van der Waals surface area contributed by atoms with Crippen molar-refractivity contribution in [1.82, 2.24) is 0 Å². The van der Waals surface area contributed by atoms with Crippen LogP contribution in [0.1, 0.15) is 37.3 Å². The Hall–Kier alpha value is -1.56. The summed E-state index contributed by atoms with van der Waals surface area (Å²) in [5.41, 5.74) is 4.12. The quantitative estimate of drug-likeness (QED) is 0.887. The summed E-state index contributed by atoms with van der Waals surface area (Å²) in [5, 5.41) is 8.91. The van der Waals surface area contributed by atoms with E-state index in [4.69, 9.17) is 10.8 Å². The van der Waals surface area contributed by atoms with Crippen molar-refractivity contribution in [2.75, 3.05) is 0 Å². The summed E-state index contributed by atoms with van der Waals surface area (Å²) < 4.78 is 37.2. The van der Waals surface area contributed by atoms with Crippen LogP contribution in [0.3, 0.4) is 0 Å². The molecule has 0 heterocycles. The van der Waals surface area contributed by atoms with Gasteiger partial charge in [-0.2, -0.15) is 13.2 Å². The Morgan fingerprint density at radius 3 is 2.16 bits per heavy atom. The van der Waals surface area contributed by atoms with Crippen molar-refractivity contribution in [3.05, 3.63) is 35.4 Å². The molecular weight excluding hydrogens is 259 g/mol. The molecule has 0 saturated heterocycles. The molecule has 0 aliphatic heterocycles. The predicted molar refractivity (Wildman–Crippen MR) is 64.7 cm³/mol. The molecule has 0 spiro atoms. The first kappa shape index (κ1) is 15.5. The topological polar surface area (TPSA) is 63.3 Å². The third-order valence-corrected chi connectivity index (χ3v) is 3.03. The number of hydrogen-bond donors (Lipinski definition) is 2. The summed E-state index contributed by atoms with van der Waals surface area (Å²) >= 11 is 0. The van der Waals surface area contributed by atoms with Crippen LogP contribution in [0.25, 0.3) is 0 Å². The number of rotatable bonds is 4. The minimum absolute atomic E-state index is 0.147. The first-order valence-electron chi connectivity index (χ1n) is 5.73. The van der Waals surface area contributed by atoms with Crippen LogP contribution < -0.4 is 5.73 Å². The maximum Gasteiger partial charge on any atom is 0.416 e. The zero-order valence-electron chi connectivity index (χ0n) is 10.7. The molecule has 2 unspecified atom stereocenters. The van der Waals surface area contributed by atoms with Gasteiger partial charge in [0.15, 0.2) is 0 Å². The van der Waals surface area contributed by atoms with Gasteiger partial charge in [-0.05, 0) is 37.0 Å². The van der Waals surface area contributed by atoms with Crippen molar-refractivity contribution >= 4 is 5.97 Å². The normalized spacial score (nSPS) is 16.7. The van der Waals surface area contributed by atoms with E-state index < -0.39 is 23.2 Å². The Morgan fingerprint density at radius 1 is 1.32 bits per heavy atom. The highest BCUT2D eigenvalue weighted by Gasteiger charge is 2.32. The van der Waals surface area contributed by atoms with Gasteiger partial charge in [0, 0.05) is 0 Å². The fourth-order valence-electron chi connectivity index (χ4n) is 1.84. The van der Waals surface area contributed by atoms with Gasteiger partial charge in [-0.3, -0.25) is 4.79 Å². The van der Waals surface area contributed by atoms with E-state index in [1.54, 1.807) is 6.92 Å². The number of alkyl halides is 3. The molecule has 106 valence electrons. The maximum atomic E-state index is 12.4. The number of carboxylic acids is 1. The molecule has 3 N–H and O–H groups in total. The summed E-state index contributed by atoms with van der Waals surface area (Å²) in [7, 11) is 0. The molecule has 3 nitrogen and oxygen atoms in total. The van der Waals surface area contributed by atoms with Crippen molar-refractivity contribution in [1.29, 1.82) is 0 Å². The monoisotopic (exact) mass is 275 g/mol. The van der Waals surface area contributed by atoms with Crippen molar-refractivity contribution in [2.24, 2.45) is 5.73 Å². The first-order chi connectivity index (χ1) is 8.54. The van der Waals surface area contributed by atoms with Gasteiger partial charge in [-0.25, -0.2) is 0 Å². The smallest absolute Gasteiger partial charge is 0.416 e. The molecule has 1 aromatic rings. The molecule has 0 amide bonds. The van der Waals surface area contributed by atoms with Crippen LogP contribution in [-0.2, 0) is 11.0 Å². The summed E-state index contributed by atoms with van der Waals surface area (Å²) in [5.74, 6) is -1.38. The van der Waals surface area contributed by atoms with Crippen LogP contribution in [0.5, 0.6) is 0 Å². The number of carbonyl (C=O) groups is 1. The van der Waals surface area contributed by atoms with Gasteiger partial charge in [-0.15, -0.1) is 0 Å².